The molecule has 1 amide bonds. The van der Waals surface area contributed by atoms with Gasteiger partial charge in [0.2, 0.25) is 5.91 Å². The van der Waals surface area contributed by atoms with Gasteiger partial charge in [0, 0.05) is 12.5 Å². The number of halogens is 2. The molecule has 1 aromatic heterocycles. The maximum Gasteiger partial charge on any atom is 0.246 e. The molecule has 7 heteroatoms. The molecule has 0 unspecified atom stereocenters. The molecule has 158 valence electrons. The van der Waals surface area contributed by atoms with Crippen molar-refractivity contribution in [3.8, 4) is 0 Å². The molecule has 1 atom stereocenters. The SMILES string of the molecule is Cc1cc(C[C@H](CCCCN(C)Cc2ccc(F)cn2)C(=O)NO)cc(C)c1F. The number of hydrogen-bond acceptors (Lipinski definition) is 4. The summed E-state index contributed by atoms with van der Waals surface area (Å²) in [5.41, 5.74) is 4.54. The summed E-state index contributed by atoms with van der Waals surface area (Å²) in [6.07, 6.45) is 3.95. The van der Waals surface area contributed by atoms with Gasteiger partial charge in [-0.1, -0.05) is 18.6 Å². The molecular formula is C22H29F2N3O2. The van der Waals surface area contributed by atoms with Crippen LogP contribution >= 0.6 is 0 Å². The largest absolute Gasteiger partial charge is 0.301 e. The number of amides is 1. The van der Waals surface area contributed by atoms with Gasteiger partial charge in [-0.3, -0.25) is 15.0 Å². The molecule has 0 saturated heterocycles. The monoisotopic (exact) mass is 405 g/mol. The van der Waals surface area contributed by atoms with Crippen LogP contribution in [0.15, 0.2) is 30.5 Å². The lowest BCUT2D eigenvalue weighted by Gasteiger charge is -2.18. The first-order valence-corrected chi connectivity index (χ1v) is 9.78. The molecule has 0 aliphatic carbocycles. The van der Waals surface area contributed by atoms with Crippen molar-refractivity contribution in [1.29, 1.82) is 0 Å². The minimum absolute atomic E-state index is 0.226. The zero-order chi connectivity index (χ0) is 21.4. The molecular weight excluding hydrogens is 376 g/mol. The molecule has 0 spiro atoms. The average molecular weight is 405 g/mol. The number of hydrogen-bond donors (Lipinski definition) is 2. The fourth-order valence-corrected chi connectivity index (χ4v) is 3.48. The number of nitrogens with one attached hydrogen (secondary N) is 1. The predicted molar refractivity (Wildman–Crippen MR) is 107 cm³/mol. The third kappa shape index (κ3) is 7.18. The average Bonchev–Trinajstić information content (AvgIpc) is 2.69. The van der Waals surface area contributed by atoms with E-state index in [0.29, 0.717) is 30.5 Å². The lowest BCUT2D eigenvalue weighted by atomic mass is 9.91. The Kier molecular flexibility index (Phi) is 8.67. The maximum absolute atomic E-state index is 13.8. The van der Waals surface area contributed by atoms with Crippen molar-refractivity contribution in [2.24, 2.45) is 5.92 Å². The normalized spacial score (nSPS) is 12.2. The minimum atomic E-state index is -0.423. The van der Waals surface area contributed by atoms with Crippen LogP contribution in [0.3, 0.4) is 0 Å². The van der Waals surface area contributed by atoms with E-state index in [2.05, 4.69) is 9.88 Å². The first kappa shape index (κ1) is 22.9. The van der Waals surface area contributed by atoms with Gasteiger partial charge in [-0.15, -0.1) is 0 Å². The second kappa shape index (κ2) is 11.0. The molecule has 2 aromatic rings. The molecule has 0 saturated carbocycles. The molecule has 1 heterocycles. The maximum atomic E-state index is 13.8. The number of carbonyl (C=O) groups is 1. The van der Waals surface area contributed by atoms with Gasteiger partial charge in [-0.25, -0.2) is 14.3 Å². The Morgan fingerprint density at radius 3 is 2.48 bits per heavy atom. The van der Waals surface area contributed by atoms with Crippen molar-refractivity contribution in [2.75, 3.05) is 13.6 Å². The Hall–Kier alpha value is -2.38. The summed E-state index contributed by atoms with van der Waals surface area (Å²) < 4.78 is 26.7. The van der Waals surface area contributed by atoms with E-state index in [1.54, 1.807) is 37.5 Å². The standard InChI is InChI=1S/C22H29F2N3O2/c1-15-10-17(11-16(2)21(15)24)12-18(22(28)26-29)6-4-5-9-27(3)14-20-8-7-19(23)13-25-20/h7-8,10-11,13,18,29H,4-6,9,12,14H2,1-3H3,(H,26,28)/t18-/m0/s1. The van der Waals surface area contributed by atoms with Crippen molar-refractivity contribution < 1.29 is 18.8 Å². The van der Waals surface area contributed by atoms with Crippen LogP contribution in [0, 0.1) is 31.4 Å². The van der Waals surface area contributed by atoms with Crippen molar-refractivity contribution in [3.63, 3.8) is 0 Å². The molecule has 5 nitrogen and oxygen atoms in total. The highest BCUT2D eigenvalue weighted by Crippen LogP contribution is 2.20. The lowest BCUT2D eigenvalue weighted by Crippen LogP contribution is -2.29. The number of aryl methyl sites for hydroxylation is 2. The third-order valence-corrected chi connectivity index (χ3v) is 5.02. The zero-order valence-electron chi connectivity index (χ0n) is 17.2. The van der Waals surface area contributed by atoms with Gasteiger partial charge in [0.25, 0.3) is 0 Å². The highest BCUT2D eigenvalue weighted by molar-refractivity contribution is 5.77. The fraction of sp³-hybridized carbons (Fsp3) is 0.455. The smallest absolute Gasteiger partial charge is 0.246 e. The van der Waals surface area contributed by atoms with Crippen LogP contribution < -0.4 is 5.48 Å². The van der Waals surface area contributed by atoms with Gasteiger partial charge in [0.1, 0.15) is 11.6 Å². The second-order valence-electron chi connectivity index (χ2n) is 7.62. The Morgan fingerprint density at radius 2 is 1.90 bits per heavy atom. The van der Waals surface area contributed by atoms with Gasteiger partial charge < -0.3 is 4.90 Å². The predicted octanol–water partition coefficient (Wildman–Crippen LogP) is 3.94. The van der Waals surface area contributed by atoms with E-state index in [1.165, 1.54) is 12.3 Å². The van der Waals surface area contributed by atoms with Crippen molar-refractivity contribution in [2.45, 2.75) is 46.1 Å². The van der Waals surface area contributed by atoms with Crippen LogP contribution in [-0.2, 0) is 17.8 Å². The number of hydroxylamine groups is 1. The van der Waals surface area contributed by atoms with E-state index in [0.717, 1.165) is 30.6 Å². The topological polar surface area (TPSA) is 65.5 Å². The second-order valence-corrected chi connectivity index (χ2v) is 7.62. The van der Waals surface area contributed by atoms with E-state index in [4.69, 9.17) is 5.21 Å². The Bertz CT molecular complexity index is 789. The molecule has 2 rings (SSSR count). The molecule has 0 bridgehead atoms. The minimum Gasteiger partial charge on any atom is -0.301 e. The highest BCUT2D eigenvalue weighted by Gasteiger charge is 2.19. The number of pyridine rings is 1. The van der Waals surface area contributed by atoms with Crippen LogP contribution in [0.1, 0.15) is 41.6 Å². The van der Waals surface area contributed by atoms with Gasteiger partial charge >= 0.3 is 0 Å². The number of rotatable bonds is 10. The Morgan fingerprint density at radius 1 is 1.21 bits per heavy atom. The molecule has 29 heavy (non-hydrogen) atoms. The highest BCUT2D eigenvalue weighted by atomic mass is 19.1. The number of benzene rings is 1. The fourth-order valence-electron chi connectivity index (χ4n) is 3.48. The van der Waals surface area contributed by atoms with Gasteiger partial charge in [0.15, 0.2) is 0 Å². The van der Waals surface area contributed by atoms with Crippen molar-refractivity contribution >= 4 is 5.91 Å². The van der Waals surface area contributed by atoms with E-state index in [9.17, 15) is 13.6 Å². The van der Waals surface area contributed by atoms with Gasteiger partial charge in [-0.05, 0) is 75.5 Å². The van der Waals surface area contributed by atoms with E-state index in [1.807, 2.05) is 7.05 Å². The summed E-state index contributed by atoms with van der Waals surface area (Å²) in [6.45, 7) is 4.84. The summed E-state index contributed by atoms with van der Waals surface area (Å²) in [5, 5.41) is 9.06. The summed E-state index contributed by atoms with van der Waals surface area (Å²) in [4.78, 5) is 18.2. The van der Waals surface area contributed by atoms with Crippen LogP contribution in [0.2, 0.25) is 0 Å². The van der Waals surface area contributed by atoms with Crippen LogP contribution in [0.4, 0.5) is 8.78 Å². The number of unbranched alkanes of at least 4 members (excludes halogenated alkanes) is 1. The summed E-state index contributed by atoms with van der Waals surface area (Å²) in [7, 11) is 1.97. The molecule has 0 radical (unpaired) electrons. The molecule has 0 fully saturated rings. The number of aromatic nitrogens is 1. The molecule has 1 aromatic carbocycles. The number of nitrogens with zero attached hydrogens (tertiary/aromatic N) is 2. The quantitative estimate of drug-likeness (QED) is 0.357. The Balaban J connectivity index is 1.84. The summed E-state index contributed by atoms with van der Waals surface area (Å²) >= 11 is 0. The summed E-state index contributed by atoms with van der Waals surface area (Å²) in [5.74, 6) is -1.38. The molecule has 0 aliphatic heterocycles. The van der Waals surface area contributed by atoms with Crippen LogP contribution in [0.25, 0.3) is 0 Å². The Labute approximate surface area is 170 Å². The molecule has 2 N–H and O–H groups in total. The first-order valence-electron chi connectivity index (χ1n) is 9.78. The van der Waals surface area contributed by atoms with Crippen LogP contribution in [-0.4, -0.2) is 34.6 Å². The van der Waals surface area contributed by atoms with Crippen molar-refractivity contribution in [1.82, 2.24) is 15.4 Å². The van der Waals surface area contributed by atoms with E-state index < -0.39 is 5.91 Å². The van der Waals surface area contributed by atoms with E-state index >= 15 is 0 Å². The van der Waals surface area contributed by atoms with Crippen molar-refractivity contribution in [3.05, 3.63) is 64.5 Å². The first-order chi connectivity index (χ1) is 13.8. The van der Waals surface area contributed by atoms with E-state index in [-0.39, 0.29) is 17.6 Å². The van der Waals surface area contributed by atoms with Crippen LogP contribution in [0.5, 0.6) is 0 Å². The lowest BCUT2D eigenvalue weighted by molar-refractivity contribution is -0.133. The zero-order valence-corrected chi connectivity index (χ0v) is 17.2. The number of carbonyl (C=O) groups excluding carboxylic acids is 1. The van der Waals surface area contributed by atoms with Gasteiger partial charge in [-0.2, -0.15) is 0 Å². The third-order valence-electron chi connectivity index (χ3n) is 5.02. The summed E-state index contributed by atoms with van der Waals surface area (Å²) in [6, 6.07) is 6.57. The molecule has 0 aliphatic rings. The van der Waals surface area contributed by atoms with Gasteiger partial charge in [0.05, 0.1) is 11.9 Å².